The number of allylic oxidation sites excluding steroid dienone is 1. The first kappa shape index (κ1) is 13.6. The van der Waals surface area contributed by atoms with Gasteiger partial charge in [0.05, 0.1) is 9.52 Å². The normalized spacial score (nSPS) is 10.6. The number of hydrogen-bond donors (Lipinski definition) is 0. The Bertz CT molecular complexity index is 476. The van der Waals surface area contributed by atoms with E-state index in [-0.39, 0.29) is 9.52 Å². The number of benzene rings is 2. The highest BCUT2D eigenvalue weighted by Gasteiger charge is 2.07. The van der Waals surface area contributed by atoms with E-state index >= 15 is 0 Å². The molecule has 0 N–H and O–H groups in total. The van der Waals surface area contributed by atoms with E-state index in [4.69, 9.17) is 0 Å². The highest BCUT2D eigenvalue weighted by molar-refractivity contribution is 6.43. The van der Waals surface area contributed by atoms with Gasteiger partial charge in [-0.05, 0) is 38.1 Å². The molecular formula is C17H21NSi. The van der Waals surface area contributed by atoms with Crippen molar-refractivity contribution in [3.8, 4) is 0 Å². The summed E-state index contributed by atoms with van der Waals surface area (Å²) in [5.41, 5.74) is 6.43. The van der Waals surface area contributed by atoms with E-state index in [1.807, 2.05) is 0 Å². The van der Waals surface area contributed by atoms with Crippen molar-refractivity contribution in [1.29, 1.82) is 0 Å². The van der Waals surface area contributed by atoms with Gasteiger partial charge in [-0.25, -0.2) is 0 Å². The second-order valence-corrected chi connectivity index (χ2v) is 6.33. The Hall–Kier alpha value is -1.80. The summed E-state index contributed by atoms with van der Waals surface area (Å²) in [5, 5.41) is 0. The third kappa shape index (κ3) is 4.11. The standard InChI is InChI=1S/C17H21NSi/c1-15(2)13-19-14-18(16-9-5-3-6-10-16)17-11-7-4-8-12-17/h3-13H,14,19H2,1-2H3. The molecule has 1 nitrogen and oxygen atoms in total. The van der Waals surface area contributed by atoms with Crippen LogP contribution in [0.4, 0.5) is 11.4 Å². The summed E-state index contributed by atoms with van der Waals surface area (Å²) in [4.78, 5) is 2.42. The molecule has 0 amide bonds. The zero-order valence-electron chi connectivity index (χ0n) is 11.7. The van der Waals surface area contributed by atoms with Crippen LogP contribution in [0.3, 0.4) is 0 Å². The van der Waals surface area contributed by atoms with Gasteiger partial charge in [-0.2, -0.15) is 0 Å². The molecule has 0 saturated heterocycles. The van der Waals surface area contributed by atoms with Crippen LogP contribution in [0.25, 0.3) is 0 Å². The van der Waals surface area contributed by atoms with Gasteiger partial charge in [0.25, 0.3) is 0 Å². The quantitative estimate of drug-likeness (QED) is 0.743. The molecule has 0 fully saturated rings. The van der Waals surface area contributed by atoms with Crippen molar-refractivity contribution in [2.24, 2.45) is 0 Å². The Morgan fingerprint density at radius 3 is 1.79 bits per heavy atom. The second kappa shape index (κ2) is 6.95. The van der Waals surface area contributed by atoms with Crippen LogP contribution in [-0.4, -0.2) is 15.7 Å². The highest BCUT2D eigenvalue weighted by atomic mass is 28.2. The molecule has 0 saturated carbocycles. The van der Waals surface area contributed by atoms with Gasteiger partial charge in [-0.15, -0.1) is 5.70 Å². The van der Waals surface area contributed by atoms with Crippen molar-refractivity contribution in [2.45, 2.75) is 13.8 Å². The number of rotatable bonds is 5. The van der Waals surface area contributed by atoms with Crippen LogP contribution in [0, 0.1) is 0 Å². The van der Waals surface area contributed by atoms with E-state index in [2.05, 4.69) is 85.1 Å². The maximum Gasteiger partial charge on any atom is 0.0682 e. The molecule has 0 aromatic heterocycles. The molecule has 2 aromatic rings. The number of nitrogens with zero attached hydrogens (tertiary/aromatic N) is 1. The lowest BCUT2D eigenvalue weighted by Crippen LogP contribution is -2.22. The smallest absolute Gasteiger partial charge is 0.0682 e. The van der Waals surface area contributed by atoms with Crippen molar-refractivity contribution < 1.29 is 0 Å². The van der Waals surface area contributed by atoms with Crippen molar-refractivity contribution >= 4 is 20.9 Å². The molecule has 0 aliphatic carbocycles. The average molecular weight is 267 g/mol. The number of para-hydroxylation sites is 2. The van der Waals surface area contributed by atoms with Gasteiger partial charge in [0.1, 0.15) is 0 Å². The van der Waals surface area contributed by atoms with Crippen molar-refractivity contribution in [3.05, 3.63) is 71.9 Å². The highest BCUT2D eigenvalue weighted by Crippen LogP contribution is 2.23. The summed E-state index contributed by atoms with van der Waals surface area (Å²) in [7, 11) is -0.207. The van der Waals surface area contributed by atoms with E-state index < -0.39 is 0 Å². The maximum atomic E-state index is 2.43. The summed E-state index contributed by atoms with van der Waals surface area (Å²) < 4.78 is 0. The molecule has 0 aliphatic heterocycles. The molecule has 0 bridgehead atoms. The third-order valence-corrected chi connectivity index (χ3v) is 4.85. The first-order chi connectivity index (χ1) is 9.27. The molecule has 2 rings (SSSR count). The molecule has 19 heavy (non-hydrogen) atoms. The van der Waals surface area contributed by atoms with Gasteiger partial charge < -0.3 is 4.90 Å². The molecule has 0 spiro atoms. The molecule has 2 aromatic carbocycles. The number of anilines is 2. The predicted molar refractivity (Wildman–Crippen MR) is 87.9 cm³/mol. The fraction of sp³-hybridized carbons (Fsp3) is 0.176. The van der Waals surface area contributed by atoms with Crippen molar-refractivity contribution in [3.63, 3.8) is 0 Å². The largest absolute Gasteiger partial charge is 0.345 e. The van der Waals surface area contributed by atoms with Crippen LogP contribution in [0.1, 0.15) is 13.8 Å². The molecule has 0 radical (unpaired) electrons. The van der Waals surface area contributed by atoms with Gasteiger partial charge in [0.2, 0.25) is 0 Å². The first-order valence-corrected chi connectivity index (χ1v) is 8.60. The molecular weight excluding hydrogens is 246 g/mol. The van der Waals surface area contributed by atoms with Crippen LogP contribution in [0.15, 0.2) is 71.9 Å². The molecule has 0 heterocycles. The fourth-order valence-corrected chi connectivity index (χ4v) is 3.59. The Kier molecular flexibility index (Phi) is 4.98. The Morgan fingerprint density at radius 1 is 0.895 bits per heavy atom. The van der Waals surface area contributed by atoms with Gasteiger partial charge in [-0.3, -0.25) is 0 Å². The van der Waals surface area contributed by atoms with Crippen LogP contribution < -0.4 is 4.90 Å². The summed E-state index contributed by atoms with van der Waals surface area (Å²) in [5.74, 6) is 0. The van der Waals surface area contributed by atoms with Gasteiger partial charge >= 0.3 is 0 Å². The molecule has 2 heteroatoms. The van der Waals surface area contributed by atoms with E-state index in [1.54, 1.807) is 0 Å². The Labute approximate surface area is 118 Å². The van der Waals surface area contributed by atoms with Crippen molar-refractivity contribution in [2.75, 3.05) is 11.1 Å². The van der Waals surface area contributed by atoms with Crippen LogP contribution >= 0.6 is 0 Å². The molecule has 0 unspecified atom stereocenters. The minimum atomic E-state index is -0.207. The van der Waals surface area contributed by atoms with E-state index in [0.717, 1.165) is 6.17 Å². The molecule has 98 valence electrons. The lowest BCUT2D eigenvalue weighted by molar-refractivity contribution is 1.16. The van der Waals surface area contributed by atoms with Crippen molar-refractivity contribution in [1.82, 2.24) is 0 Å². The minimum Gasteiger partial charge on any atom is -0.345 e. The zero-order valence-corrected chi connectivity index (χ0v) is 13.1. The van der Waals surface area contributed by atoms with Crippen LogP contribution in [-0.2, 0) is 0 Å². The topological polar surface area (TPSA) is 3.24 Å². The lowest BCUT2D eigenvalue weighted by atomic mass is 10.2. The zero-order chi connectivity index (χ0) is 13.5. The monoisotopic (exact) mass is 267 g/mol. The minimum absolute atomic E-state index is 0.207. The maximum absolute atomic E-state index is 2.43. The second-order valence-electron chi connectivity index (χ2n) is 4.89. The summed E-state index contributed by atoms with van der Waals surface area (Å²) in [6.07, 6.45) is 1.14. The molecule has 0 atom stereocenters. The van der Waals surface area contributed by atoms with Crippen LogP contribution in [0.5, 0.6) is 0 Å². The van der Waals surface area contributed by atoms with Gasteiger partial charge in [-0.1, -0.05) is 42.0 Å². The summed E-state index contributed by atoms with van der Waals surface area (Å²) in [6.45, 7) is 4.37. The van der Waals surface area contributed by atoms with Gasteiger partial charge in [0, 0.05) is 17.5 Å². The predicted octanol–water partition coefficient (Wildman–Crippen LogP) is 3.87. The Morgan fingerprint density at radius 2 is 1.37 bits per heavy atom. The van der Waals surface area contributed by atoms with E-state index in [1.165, 1.54) is 16.9 Å². The lowest BCUT2D eigenvalue weighted by Gasteiger charge is -2.24. The Balaban J connectivity index is 2.21. The third-order valence-electron chi connectivity index (χ3n) is 3.04. The first-order valence-electron chi connectivity index (χ1n) is 6.78. The SMILES string of the molecule is CC(C)=C[SiH2]CN(c1ccccc1)c1ccccc1. The van der Waals surface area contributed by atoms with E-state index in [9.17, 15) is 0 Å². The molecule has 0 aliphatic rings. The summed E-state index contributed by atoms with van der Waals surface area (Å²) in [6, 6.07) is 21.3. The van der Waals surface area contributed by atoms with Crippen LogP contribution in [0.2, 0.25) is 0 Å². The fourth-order valence-electron chi connectivity index (χ4n) is 2.11. The average Bonchev–Trinajstić information content (AvgIpc) is 2.45. The van der Waals surface area contributed by atoms with Gasteiger partial charge in [0.15, 0.2) is 0 Å². The van der Waals surface area contributed by atoms with E-state index in [0.29, 0.717) is 0 Å². The summed E-state index contributed by atoms with van der Waals surface area (Å²) >= 11 is 0. The number of hydrogen-bond acceptors (Lipinski definition) is 1.